The number of ether oxygens (including phenoxy) is 1. The highest BCUT2D eigenvalue weighted by atomic mass is 35.5. The van der Waals surface area contributed by atoms with Crippen LogP contribution in [0.1, 0.15) is 0 Å². The van der Waals surface area contributed by atoms with E-state index in [0.717, 1.165) is 5.75 Å². The molecule has 1 aromatic carbocycles. The van der Waals surface area contributed by atoms with Crippen molar-refractivity contribution >= 4 is 29.8 Å². The molecule has 0 aliphatic rings. The van der Waals surface area contributed by atoms with Gasteiger partial charge < -0.3 is 4.74 Å². The van der Waals surface area contributed by atoms with E-state index in [1.807, 2.05) is 30.3 Å². The smallest absolute Gasteiger partial charge is 0.187 e. The molecular formula is C7H12AlClO. The molecule has 0 aromatic heterocycles. The van der Waals surface area contributed by atoms with Gasteiger partial charge in [0, 0.05) is 0 Å². The molecule has 0 heterocycles. The summed E-state index contributed by atoms with van der Waals surface area (Å²) >= 11 is 0. The molecule has 0 fully saturated rings. The predicted octanol–water partition coefficient (Wildman–Crippen LogP) is 0.933. The lowest BCUT2D eigenvalue weighted by Crippen LogP contribution is -1.78. The average molecular weight is 175 g/mol. The van der Waals surface area contributed by atoms with Crippen molar-refractivity contribution in [3.05, 3.63) is 30.3 Å². The molecule has 0 aliphatic carbocycles. The minimum absolute atomic E-state index is 0. The summed E-state index contributed by atoms with van der Waals surface area (Å²) in [5.41, 5.74) is 0. The maximum absolute atomic E-state index is 4.91. The van der Waals surface area contributed by atoms with Gasteiger partial charge in [0.25, 0.3) is 0 Å². The van der Waals surface area contributed by atoms with Gasteiger partial charge in [-0.15, -0.1) is 12.4 Å². The Hall–Kier alpha value is -0.158. The van der Waals surface area contributed by atoms with Crippen molar-refractivity contribution in [2.24, 2.45) is 0 Å². The van der Waals surface area contributed by atoms with E-state index in [1.54, 1.807) is 7.11 Å². The molecule has 0 radical (unpaired) electrons. The summed E-state index contributed by atoms with van der Waals surface area (Å²) in [6.45, 7) is 0. The maximum atomic E-state index is 4.91. The fraction of sp³-hybridized carbons (Fsp3) is 0.143. The third-order valence-electron chi connectivity index (χ3n) is 0.979. The third kappa shape index (κ3) is 3.79. The molecule has 0 spiro atoms. The van der Waals surface area contributed by atoms with Crippen LogP contribution in [0.2, 0.25) is 0 Å². The number of hydrogen-bond acceptors (Lipinski definition) is 1. The van der Waals surface area contributed by atoms with E-state index < -0.39 is 0 Å². The molecular weight excluding hydrogens is 163 g/mol. The number of methoxy groups -OCH3 is 1. The van der Waals surface area contributed by atoms with Gasteiger partial charge in [-0.3, -0.25) is 0 Å². The van der Waals surface area contributed by atoms with E-state index >= 15 is 0 Å². The SMILES string of the molecule is COc1ccccc1.Cl.[AlH3]. The Morgan fingerprint density at radius 1 is 1.10 bits per heavy atom. The Labute approximate surface area is 77.9 Å². The Kier molecular flexibility index (Phi) is 8.70. The minimum atomic E-state index is 0. The van der Waals surface area contributed by atoms with E-state index in [2.05, 4.69) is 0 Å². The van der Waals surface area contributed by atoms with E-state index in [9.17, 15) is 0 Å². The van der Waals surface area contributed by atoms with Crippen LogP contribution < -0.4 is 4.74 Å². The van der Waals surface area contributed by atoms with Gasteiger partial charge in [-0.2, -0.15) is 0 Å². The predicted molar refractivity (Wildman–Crippen MR) is 50.2 cm³/mol. The van der Waals surface area contributed by atoms with Crippen LogP contribution in [-0.2, 0) is 0 Å². The van der Waals surface area contributed by atoms with Crippen LogP contribution in [0.15, 0.2) is 30.3 Å². The summed E-state index contributed by atoms with van der Waals surface area (Å²) in [4.78, 5) is 0. The summed E-state index contributed by atoms with van der Waals surface area (Å²) in [7, 11) is 1.66. The second kappa shape index (κ2) is 6.96. The molecule has 0 saturated carbocycles. The molecule has 0 N–H and O–H groups in total. The molecule has 0 aliphatic heterocycles. The number of benzene rings is 1. The van der Waals surface area contributed by atoms with E-state index in [1.165, 1.54) is 0 Å². The summed E-state index contributed by atoms with van der Waals surface area (Å²) in [5, 5.41) is 0. The van der Waals surface area contributed by atoms with Gasteiger partial charge in [0.1, 0.15) is 5.75 Å². The maximum Gasteiger partial charge on any atom is 0.187 e. The first kappa shape index (κ1) is 12.5. The first-order valence-electron chi connectivity index (χ1n) is 2.52. The Morgan fingerprint density at radius 2 is 1.60 bits per heavy atom. The van der Waals surface area contributed by atoms with Crippen molar-refractivity contribution in [2.75, 3.05) is 7.11 Å². The molecule has 0 bridgehead atoms. The molecule has 1 aromatic rings. The molecule has 0 amide bonds. The quantitative estimate of drug-likeness (QED) is 0.576. The highest BCUT2D eigenvalue weighted by molar-refractivity contribution is 5.85. The molecule has 0 atom stereocenters. The number of hydrogen-bond donors (Lipinski definition) is 0. The average Bonchev–Trinajstić information content (AvgIpc) is 1.90. The second-order valence-corrected chi connectivity index (χ2v) is 1.52. The van der Waals surface area contributed by atoms with E-state index in [4.69, 9.17) is 4.74 Å². The lowest BCUT2D eigenvalue weighted by atomic mass is 10.3. The number of rotatable bonds is 1. The zero-order valence-electron chi connectivity index (χ0n) is 5.20. The zero-order valence-corrected chi connectivity index (χ0v) is 6.02. The second-order valence-electron chi connectivity index (χ2n) is 1.52. The topological polar surface area (TPSA) is 9.23 Å². The first-order chi connectivity index (χ1) is 3.93. The highest BCUT2D eigenvalue weighted by Crippen LogP contribution is 2.05. The van der Waals surface area contributed by atoms with Crippen molar-refractivity contribution in [3.8, 4) is 5.75 Å². The Balaban J connectivity index is 0. The van der Waals surface area contributed by atoms with Gasteiger partial charge in [0.15, 0.2) is 17.4 Å². The standard InChI is InChI=1S/C7H8O.Al.ClH.3H/c1-8-7-5-3-2-4-6-7;;;;;/h2-6H,1H3;;1H;;;. The van der Waals surface area contributed by atoms with Crippen LogP contribution in [0.25, 0.3) is 0 Å². The number of halogens is 1. The summed E-state index contributed by atoms with van der Waals surface area (Å²) in [5.74, 6) is 0.910. The molecule has 1 nitrogen and oxygen atoms in total. The van der Waals surface area contributed by atoms with Gasteiger partial charge in [0.2, 0.25) is 0 Å². The van der Waals surface area contributed by atoms with Crippen LogP contribution in [0.3, 0.4) is 0 Å². The Morgan fingerprint density at radius 3 is 1.90 bits per heavy atom. The summed E-state index contributed by atoms with van der Waals surface area (Å²) in [6.07, 6.45) is 0. The van der Waals surface area contributed by atoms with Gasteiger partial charge >= 0.3 is 0 Å². The monoisotopic (exact) mass is 174 g/mol. The fourth-order valence-corrected chi connectivity index (χ4v) is 0.557. The highest BCUT2D eigenvalue weighted by Gasteiger charge is 1.80. The molecule has 0 saturated heterocycles. The van der Waals surface area contributed by atoms with Crippen molar-refractivity contribution in [2.45, 2.75) is 0 Å². The van der Waals surface area contributed by atoms with E-state index in [0.29, 0.717) is 0 Å². The van der Waals surface area contributed by atoms with Crippen molar-refractivity contribution < 1.29 is 4.74 Å². The lowest BCUT2D eigenvalue weighted by molar-refractivity contribution is 0.415. The Bertz CT molecular complexity index is 155. The molecule has 10 heavy (non-hydrogen) atoms. The molecule has 56 valence electrons. The van der Waals surface area contributed by atoms with Crippen LogP contribution >= 0.6 is 12.4 Å². The first-order valence-corrected chi connectivity index (χ1v) is 2.52. The van der Waals surface area contributed by atoms with Crippen molar-refractivity contribution in [1.29, 1.82) is 0 Å². The van der Waals surface area contributed by atoms with Crippen molar-refractivity contribution in [1.82, 2.24) is 0 Å². The number of para-hydroxylation sites is 1. The van der Waals surface area contributed by atoms with Crippen LogP contribution in [-0.4, -0.2) is 24.5 Å². The van der Waals surface area contributed by atoms with E-state index in [-0.39, 0.29) is 29.8 Å². The summed E-state index contributed by atoms with van der Waals surface area (Å²) < 4.78 is 4.91. The molecule has 1 rings (SSSR count). The van der Waals surface area contributed by atoms with Gasteiger partial charge in [0.05, 0.1) is 7.11 Å². The largest absolute Gasteiger partial charge is 0.497 e. The van der Waals surface area contributed by atoms with Crippen LogP contribution in [0, 0.1) is 0 Å². The summed E-state index contributed by atoms with van der Waals surface area (Å²) in [6, 6.07) is 9.68. The third-order valence-corrected chi connectivity index (χ3v) is 0.979. The van der Waals surface area contributed by atoms with Gasteiger partial charge in [-0.05, 0) is 12.1 Å². The lowest BCUT2D eigenvalue weighted by Gasteiger charge is -1.93. The normalized spacial score (nSPS) is 6.90. The van der Waals surface area contributed by atoms with Gasteiger partial charge in [-0.25, -0.2) is 0 Å². The van der Waals surface area contributed by atoms with Crippen LogP contribution in [0.5, 0.6) is 5.75 Å². The van der Waals surface area contributed by atoms with Crippen LogP contribution in [0.4, 0.5) is 0 Å². The fourth-order valence-electron chi connectivity index (χ4n) is 0.557. The van der Waals surface area contributed by atoms with Crippen molar-refractivity contribution in [3.63, 3.8) is 0 Å². The molecule has 0 unspecified atom stereocenters. The van der Waals surface area contributed by atoms with Gasteiger partial charge in [-0.1, -0.05) is 18.2 Å². The molecule has 3 heteroatoms. The minimum Gasteiger partial charge on any atom is -0.497 e. The zero-order chi connectivity index (χ0) is 5.82.